The third kappa shape index (κ3) is 4.26. The van der Waals surface area contributed by atoms with Gasteiger partial charge in [0, 0.05) is 18.0 Å². The van der Waals surface area contributed by atoms with Crippen molar-refractivity contribution in [2.45, 2.75) is 0 Å². The fraction of sp³-hybridized carbons (Fsp3) is 0.185. The number of amides is 1. The van der Waals surface area contributed by atoms with Crippen LogP contribution in [0.2, 0.25) is 0 Å². The number of benzene rings is 3. The van der Waals surface area contributed by atoms with Crippen molar-refractivity contribution in [1.29, 1.82) is 0 Å². The summed E-state index contributed by atoms with van der Waals surface area (Å²) in [6.45, 7) is 0. The Hall–Kier alpha value is -4.46. The number of ether oxygens (including phenoxy) is 4. The highest BCUT2D eigenvalue weighted by Crippen LogP contribution is 2.38. The predicted octanol–water partition coefficient (Wildman–Crippen LogP) is 4.49. The predicted molar refractivity (Wildman–Crippen MR) is 135 cm³/mol. The van der Waals surface area contributed by atoms with Crippen LogP contribution in [0.3, 0.4) is 0 Å². The van der Waals surface area contributed by atoms with Crippen molar-refractivity contribution in [2.24, 2.45) is 7.05 Å². The van der Waals surface area contributed by atoms with Gasteiger partial charge in [-0.05, 0) is 42.0 Å². The van der Waals surface area contributed by atoms with E-state index < -0.39 is 5.91 Å². The highest BCUT2D eigenvalue weighted by Gasteiger charge is 2.22. The number of carbonyl (C=O) groups excluding carboxylic acids is 1. The van der Waals surface area contributed by atoms with Crippen LogP contribution in [0, 0.1) is 0 Å². The number of hydrogen-bond donors (Lipinski definition) is 1. The molecule has 0 saturated heterocycles. The van der Waals surface area contributed by atoms with Crippen LogP contribution in [-0.2, 0) is 7.05 Å². The molecule has 0 radical (unpaired) electrons. The molecule has 0 spiro atoms. The Morgan fingerprint density at radius 3 is 2.14 bits per heavy atom. The summed E-state index contributed by atoms with van der Waals surface area (Å²) in [5.74, 6) is 1.57. The first-order chi connectivity index (χ1) is 16.9. The van der Waals surface area contributed by atoms with Gasteiger partial charge in [-0.2, -0.15) is 0 Å². The van der Waals surface area contributed by atoms with Crippen LogP contribution in [0.15, 0.2) is 65.5 Å². The van der Waals surface area contributed by atoms with Crippen LogP contribution in [0.5, 0.6) is 23.0 Å². The summed E-state index contributed by atoms with van der Waals surface area (Å²) in [5.41, 5.74) is 1.73. The Labute approximate surface area is 202 Å². The van der Waals surface area contributed by atoms with E-state index >= 15 is 0 Å². The summed E-state index contributed by atoms with van der Waals surface area (Å²) < 4.78 is 23.3. The minimum atomic E-state index is -0.446. The average Bonchev–Trinajstić information content (AvgIpc) is 2.90. The van der Waals surface area contributed by atoms with Crippen LogP contribution in [0.4, 0.5) is 5.82 Å². The topological polar surface area (TPSA) is 88.0 Å². The maximum absolute atomic E-state index is 13.6. The van der Waals surface area contributed by atoms with Gasteiger partial charge in [0.25, 0.3) is 5.91 Å². The van der Waals surface area contributed by atoms with Gasteiger partial charge in [0.05, 0.1) is 39.5 Å². The SMILES string of the molecule is COc1cccc(-c2c(NC(=O)c3cc(OC)c(OC)c(OC)c3)n(C)c3ccccc3c2=O)c1. The van der Waals surface area contributed by atoms with Gasteiger partial charge in [-0.1, -0.05) is 24.3 Å². The number of carbonyl (C=O) groups is 1. The van der Waals surface area contributed by atoms with Crippen molar-refractivity contribution >= 4 is 22.6 Å². The number of fused-ring (bicyclic) bond motifs is 1. The molecule has 8 heteroatoms. The number of pyridine rings is 1. The fourth-order valence-electron chi connectivity index (χ4n) is 4.07. The number of rotatable bonds is 7. The summed E-state index contributed by atoms with van der Waals surface area (Å²) in [5, 5.41) is 3.48. The molecule has 0 saturated carbocycles. The molecule has 180 valence electrons. The first kappa shape index (κ1) is 23.7. The molecule has 1 heterocycles. The number of nitrogens with zero attached hydrogens (tertiary/aromatic N) is 1. The second-order valence-electron chi connectivity index (χ2n) is 7.73. The van der Waals surface area contributed by atoms with E-state index in [9.17, 15) is 9.59 Å². The maximum atomic E-state index is 13.6. The van der Waals surface area contributed by atoms with Crippen LogP contribution < -0.4 is 29.7 Å². The Morgan fingerprint density at radius 1 is 0.829 bits per heavy atom. The lowest BCUT2D eigenvalue weighted by molar-refractivity contribution is 0.102. The summed E-state index contributed by atoms with van der Waals surface area (Å²) in [7, 11) is 7.81. The summed E-state index contributed by atoms with van der Waals surface area (Å²) in [6.07, 6.45) is 0. The second-order valence-corrected chi connectivity index (χ2v) is 7.73. The van der Waals surface area contributed by atoms with Gasteiger partial charge in [0.1, 0.15) is 11.6 Å². The Morgan fingerprint density at radius 2 is 1.51 bits per heavy atom. The molecule has 3 aromatic carbocycles. The standard InChI is InChI=1S/C27H26N2O6/c1-29-20-12-7-6-11-19(20)24(30)23(16-9-8-10-18(13-16)32-2)26(29)28-27(31)17-14-21(33-3)25(35-5)22(15-17)34-4/h6-15H,1-5H3,(H,28,31). The van der Waals surface area contributed by atoms with Gasteiger partial charge in [0.15, 0.2) is 16.9 Å². The van der Waals surface area contributed by atoms with Crippen LogP contribution in [0.1, 0.15) is 10.4 Å². The van der Waals surface area contributed by atoms with Crippen molar-refractivity contribution in [3.8, 4) is 34.1 Å². The number of anilines is 1. The molecule has 0 unspecified atom stereocenters. The molecule has 1 N–H and O–H groups in total. The van der Waals surface area contributed by atoms with Gasteiger partial charge < -0.3 is 28.8 Å². The normalized spacial score (nSPS) is 10.7. The molecule has 8 nitrogen and oxygen atoms in total. The zero-order valence-corrected chi connectivity index (χ0v) is 20.2. The summed E-state index contributed by atoms with van der Waals surface area (Å²) in [6, 6.07) is 17.5. The third-order valence-electron chi connectivity index (χ3n) is 5.83. The number of para-hydroxylation sites is 1. The van der Waals surface area contributed by atoms with Gasteiger partial charge in [-0.15, -0.1) is 0 Å². The lowest BCUT2D eigenvalue weighted by atomic mass is 10.0. The maximum Gasteiger partial charge on any atom is 0.257 e. The molecular formula is C27H26N2O6. The summed E-state index contributed by atoms with van der Waals surface area (Å²) >= 11 is 0. The first-order valence-corrected chi connectivity index (χ1v) is 10.8. The van der Waals surface area contributed by atoms with Crippen LogP contribution in [-0.4, -0.2) is 38.9 Å². The highest BCUT2D eigenvalue weighted by atomic mass is 16.5. The van der Waals surface area contributed by atoms with E-state index in [4.69, 9.17) is 18.9 Å². The minimum absolute atomic E-state index is 0.202. The molecule has 4 aromatic rings. The quantitative estimate of drug-likeness (QED) is 0.425. The molecule has 0 bridgehead atoms. The molecule has 35 heavy (non-hydrogen) atoms. The van der Waals surface area contributed by atoms with Crippen LogP contribution in [0.25, 0.3) is 22.0 Å². The molecule has 4 rings (SSSR count). The minimum Gasteiger partial charge on any atom is -0.497 e. The van der Waals surface area contributed by atoms with Crippen molar-refractivity contribution in [1.82, 2.24) is 4.57 Å². The van der Waals surface area contributed by atoms with Gasteiger partial charge in [0.2, 0.25) is 5.75 Å². The Balaban J connectivity index is 1.92. The molecule has 0 atom stereocenters. The van der Waals surface area contributed by atoms with Crippen molar-refractivity contribution < 1.29 is 23.7 Å². The number of aryl methyl sites for hydroxylation is 1. The fourth-order valence-corrected chi connectivity index (χ4v) is 4.07. The third-order valence-corrected chi connectivity index (χ3v) is 5.83. The van der Waals surface area contributed by atoms with E-state index in [1.807, 2.05) is 24.3 Å². The molecule has 1 aromatic heterocycles. The molecule has 0 aliphatic carbocycles. The van der Waals surface area contributed by atoms with Crippen molar-refractivity contribution in [3.05, 3.63) is 76.5 Å². The second kappa shape index (κ2) is 9.80. The monoisotopic (exact) mass is 474 g/mol. The lowest BCUT2D eigenvalue weighted by Gasteiger charge is -2.19. The molecular weight excluding hydrogens is 448 g/mol. The summed E-state index contributed by atoms with van der Waals surface area (Å²) in [4.78, 5) is 27.1. The largest absolute Gasteiger partial charge is 0.497 e. The van der Waals surface area contributed by atoms with Crippen molar-refractivity contribution in [3.63, 3.8) is 0 Å². The van der Waals surface area contributed by atoms with E-state index in [1.165, 1.54) is 21.3 Å². The molecule has 0 fully saturated rings. The van der Waals surface area contributed by atoms with E-state index in [0.717, 1.165) is 0 Å². The highest BCUT2D eigenvalue weighted by molar-refractivity contribution is 6.07. The zero-order valence-electron chi connectivity index (χ0n) is 20.2. The zero-order chi connectivity index (χ0) is 25.1. The lowest BCUT2D eigenvalue weighted by Crippen LogP contribution is -2.21. The average molecular weight is 475 g/mol. The molecule has 0 aliphatic rings. The Bertz CT molecular complexity index is 1450. The van der Waals surface area contributed by atoms with Gasteiger partial charge in [-0.25, -0.2) is 0 Å². The van der Waals surface area contributed by atoms with Gasteiger partial charge in [-0.3, -0.25) is 9.59 Å². The van der Waals surface area contributed by atoms with E-state index in [2.05, 4.69) is 5.32 Å². The number of aromatic nitrogens is 1. The number of hydrogen-bond acceptors (Lipinski definition) is 6. The molecule has 0 aliphatic heterocycles. The van der Waals surface area contributed by atoms with E-state index in [0.29, 0.717) is 50.8 Å². The smallest absolute Gasteiger partial charge is 0.257 e. The van der Waals surface area contributed by atoms with Gasteiger partial charge >= 0.3 is 0 Å². The van der Waals surface area contributed by atoms with E-state index in [1.54, 1.807) is 55.1 Å². The molecule has 1 amide bonds. The van der Waals surface area contributed by atoms with Crippen molar-refractivity contribution in [2.75, 3.05) is 33.8 Å². The number of methoxy groups -OCH3 is 4. The first-order valence-electron chi connectivity index (χ1n) is 10.8. The number of nitrogens with one attached hydrogen (secondary N) is 1. The Kier molecular flexibility index (Phi) is 6.64. The van der Waals surface area contributed by atoms with E-state index in [-0.39, 0.29) is 11.0 Å². The van der Waals surface area contributed by atoms with Crippen LogP contribution >= 0.6 is 0 Å².